The van der Waals surface area contributed by atoms with Crippen LogP contribution in [0.15, 0.2) is 18.6 Å². The number of aliphatic hydroxyl groups excluding tert-OH is 3. The Bertz CT molecular complexity index is 705. The first-order valence-corrected chi connectivity index (χ1v) is 10.5. The highest BCUT2D eigenvalue weighted by atomic mass is 16.3. The lowest BCUT2D eigenvalue weighted by molar-refractivity contribution is 0.0425. The van der Waals surface area contributed by atoms with Gasteiger partial charge in [-0.1, -0.05) is 0 Å². The summed E-state index contributed by atoms with van der Waals surface area (Å²) >= 11 is 0. The fourth-order valence-corrected chi connectivity index (χ4v) is 3.97. The number of aliphatic hydroxyl groups is 3. The Balaban J connectivity index is 0.00000363. The molecule has 14 heteroatoms. The zero-order valence-corrected chi connectivity index (χ0v) is 17.8. The van der Waals surface area contributed by atoms with E-state index < -0.39 is 0 Å². The fraction of sp³-hybridized carbons (Fsp3) is 0.667. The summed E-state index contributed by atoms with van der Waals surface area (Å²) in [7, 11) is 0. The van der Waals surface area contributed by atoms with Gasteiger partial charge in [0.25, 0.3) is 0 Å². The Kier molecular flexibility index (Phi) is 10.8. The Labute approximate surface area is 184 Å². The summed E-state index contributed by atoms with van der Waals surface area (Å²) in [5, 5.41) is 61.6. The average molecular weight is 453 g/mol. The zero-order chi connectivity index (χ0) is 21.9. The first-order chi connectivity index (χ1) is 15.3. The highest BCUT2D eigenvalue weighted by molar-refractivity contribution is 5.12. The van der Waals surface area contributed by atoms with Crippen LogP contribution in [0.25, 0.3) is 0 Å². The van der Waals surface area contributed by atoms with E-state index >= 15 is 0 Å². The molecule has 0 radical (unpaired) electrons. The molecule has 32 heavy (non-hydrogen) atoms. The van der Waals surface area contributed by atoms with Crippen LogP contribution in [-0.2, 0) is 0 Å². The first-order valence-electron chi connectivity index (χ1n) is 10.5. The van der Waals surface area contributed by atoms with Gasteiger partial charge in [0.15, 0.2) is 0 Å². The van der Waals surface area contributed by atoms with Crippen molar-refractivity contribution >= 4 is 0 Å². The second-order valence-corrected chi connectivity index (χ2v) is 7.28. The number of hydrogen-bond acceptors (Lipinski definition) is 10. The molecule has 0 aliphatic rings. The van der Waals surface area contributed by atoms with Gasteiger partial charge < -0.3 is 20.8 Å². The van der Waals surface area contributed by atoms with Crippen molar-refractivity contribution in [3.05, 3.63) is 35.7 Å². The molecule has 14 nitrogen and oxygen atoms in total. The third kappa shape index (κ3) is 6.37. The highest BCUT2D eigenvalue weighted by Crippen LogP contribution is 2.42. The van der Waals surface area contributed by atoms with Crippen LogP contribution in [0.5, 0.6) is 0 Å². The van der Waals surface area contributed by atoms with Crippen molar-refractivity contribution in [2.75, 3.05) is 19.8 Å². The number of nitrogens with one attached hydrogen (secondary N) is 3. The minimum atomic E-state index is -0.230. The van der Waals surface area contributed by atoms with Gasteiger partial charge in [0.1, 0.15) is 0 Å². The Morgan fingerprint density at radius 2 is 0.938 bits per heavy atom. The Morgan fingerprint density at radius 1 is 0.625 bits per heavy atom. The van der Waals surface area contributed by atoms with Crippen LogP contribution in [0.1, 0.15) is 73.7 Å². The van der Waals surface area contributed by atoms with Gasteiger partial charge in [0, 0.05) is 19.8 Å². The van der Waals surface area contributed by atoms with Gasteiger partial charge in [0.05, 0.1) is 53.8 Å². The smallest absolute Gasteiger partial charge is 0.0996 e. The molecule has 3 heterocycles. The Hall–Kier alpha value is -2.78. The van der Waals surface area contributed by atoms with E-state index in [4.69, 9.17) is 0 Å². The van der Waals surface area contributed by atoms with Crippen molar-refractivity contribution in [3.63, 3.8) is 0 Å². The van der Waals surface area contributed by atoms with Crippen LogP contribution in [0.4, 0.5) is 0 Å². The minimum absolute atomic E-state index is 0. The van der Waals surface area contributed by atoms with Gasteiger partial charge in [0.2, 0.25) is 0 Å². The van der Waals surface area contributed by atoms with E-state index in [1.165, 1.54) is 0 Å². The van der Waals surface area contributed by atoms with Crippen LogP contribution in [0.2, 0.25) is 0 Å². The van der Waals surface area contributed by atoms with Crippen molar-refractivity contribution in [3.8, 4) is 0 Å². The number of nitrogens with zero attached hydrogens (tertiary/aromatic N) is 7. The van der Waals surface area contributed by atoms with E-state index in [0.717, 1.165) is 17.1 Å². The molecular formula is C18H32N10O4. The first kappa shape index (κ1) is 25.5. The number of aromatic amines is 3. The molecule has 0 spiro atoms. The van der Waals surface area contributed by atoms with Gasteiger partial charge in [-0.15, -0.1) is 0 Å². The maximum atomic E-state index is 9.54. The van der Waals surface area contributed by atoms with Crippen LogP contribution < -0.4 is 0 Å². The van der Waals surface area contributed by atoms with Gasteiger partial charge in [-0.2, -0.15) is 46.2 Å². The second kappa shape index (κ2) is 13.6. The molecule has 3 rings (SSSR count). The third-order valence-electron chi connectivity index (χ3n) is 5.31. The maximum Gasteiger partial charge on any atom is 0.0996 e. The van der Waals surface area contributed by atoms with Crippen molar-refractivity contribution in [1.82, 2.24) is 51.1 Å². The van der Waals surface area contributed by atoms with E-state index in [-0.39, 0.29) is 43.4 Å². The summed E-state index contributed by atoms with van der Waals surface area (Å²) < 4.78 is 0. The lowest BCUT2D eigenvalue weighted by Crippen LogP contribution is -2.38. The predicted octanol–water partition coefficient (Wildman–Crippen LogP) is -0.641. The number of rotatable bonds is 15. The third-order valence-corrected chi connectivity index (χ3v) is 5.31. The van der Waals surface area contributed by atoms with Crippen LogP contribution >= 0.6 is 0 Å². The van der Waals surface area contributed by atoms with Crippen LogP contribution in [0, 0.1) is 0 Å². The zero-order valence-electron chi connectivity index (χ0n) is 17.8. The summed E-state index contributed by atoms with van der Waals surface area (Å²) in [6, 6.07) is -0.690. The van der Waals surface area contributed by atoms with Gasteiger partial charge in [-0.3, -0.25) is 4.90 Å². The molecule has 3 unspecified atom stereocenters. The highest BCUT2D eigenvalue weighted by Gasteiger charge is 2.37. The molecule has 0 fully saturated rings. The van der Waals surface area contributed by atoms with E-state index in [9.17, 15) is 15.3 Å². The van der Waals surface area contributed by atoms with Gasteiger partial charge in [-0.25, -0.2) is 0 Å². The summed E-state index contributed by atoms with van der Waals surface area (Å²) in [5.41, 5.74) is 2.18. The van der Waals surface area contributed by atoms with E-state index in [1.807, 2.05) is 0 Å². The molecule has 3 aromatic rings. The number of aromatic nitrogens is 9. The van der Waals surface area contributed by atoms with Crippen LogP contribution in [0.3, 0.4) is 0 Å². The Morgan fingerprint density at radius 3 is 1.16 bits per heavy atom. The van der Waals surface area contributed by atoms with Gasteiger partial charge in [-0.05, 0) is 38.5 Å². The summed E-state index contributed by atoms with van der Waals surface area (Å²) in [6.07, 6.45) is 8.55. The predicted molar refractivity (Wildman–Crippen MR) is 112 cm³/mol. The molecule has 0 bridgehead atoms. The van der Waals surface area contributed by atoms with E-state index in [1.54, 1.807) is 18.6 Å². The molecular weight excluding hydrogens is 420 g/mol. The fourth-order valence-electron chi connectivity index (χ4n) is 3.97. The topological polar surface area (TPSA) is 220 Å². The molecule has 8 N–H and O–H groups in total. The molecule has 3 aromatic heterocycles. The molecule has 3 atom stereocenters. The van der Waals surface area contributed by atoms with Crippen molar-refractivity contribution < 1.29 is 20.8 Å². The molecule has 0 saturated heterocycles. The lowest BCUT2D eigenvalue weighted by Gasteiger charge is -2.41. The standard InChI is InChI=1S/C18H30N10O3.H2O/c29-7-1-4-16(13-10-19-25-22-13)28(17(5-2-8-30)14-11-20-26-23-14)18(6-3-9-31)15-12-21-27-24-15;/h10-12,16-18,29-31H,1-9H2,(H,19,22,25)(H,20,23,26)(H,21,24,27);1H2. The minimum Gasteiger partial charge on any atom is -0.412 e. The normalized spacial score (nSPS) is 14.2. The molecule has 0 aliphatic carbocycles. The lowest BCUT2D eigenvalue weighted by atomic mass is 9.94. The molecule has 0 aliphatic heterocycles. The monoisotopic (exact) mass is 452 g/mol. The molecule has 0 aromatic carbocycles. The van der Waals surface area contributed by atoms with Crippen molar-refractivity contribution in [1.29, 1.82) is 0 Å². The van der Waals surface area contributed by atoms with E-state index in [2.05, 4.69) is 51.1 Å². The summed E-state index contributed by atoms with van der Waals surface area (Å²) in [6.45, 7) is 0.121. The van der Waals surface area contributed by atoms with E-state index in [0.29, 0.717) is 38.5 Å². The molecule has 178 valence electrons. The molecule has 0 amide bonds. The SMILES string of the molecule is O.OCCCC(c1cn[nH]n1)N(C(CCCO)c1cn[nH]n1)C(CCCO)c1cn[nH]n1. The number of hydrogen-bond donors (Lipinski definition) is 6. The van der Waals surface area contributed by atoms with Crippen molar-refractivity contribution in [2.45, 2.75) is 56.7 Å². The quantitative estimate of drug-likeness (QED) is 0.171. The largest absolute Gasteiger partial charge is 0.412 e. The summed E-state index contributed by atoms with van der Waals surface area (Å²) in [5.74, 6) is 0. The van der Waals surface area contributed by atoms with Gasteiger partial charge >= 0.3 is 0 Å². The average Bonchev–Trinajstić information content (AvgIpc) is 3.57. The number of H-pyrrole nitrogens is 3. The second-order valence-electron chi connectivity index (χ2n) is 7.28. The van der Waals surface area contributed by atoms with Crippen LogP contribution in [-0.4, -0.2) is 91.7 Å². The van der Waals surface area contributed by atoms with Crippen molar-refractivity contribution in [2.24, 2.45) is 0 Å². The molecule has 0 saturated carbocycles. The summed E-state index contributed by atoms with van der Waals surface area (Å²) in [4.78, 5) is 2.23. The maximum absolute atomic E-state index is 9.54.